The molecule has 13 heavy (non-hydrogen) atoms. The molecule has 0 aromatic carbocycles. The molecule has 0 amide bonds. The zero-order valence-electron chi connectivity index (χ0n) is 7.01. The van der Waals surface area contributed by atoms with E-state index in [1.807, 2.05) is 0 Å². The van der Waals surface area contributed by atoms with Gasteiger partial charge in [-0.1, -0.05) is 11.8 Å². The Hall–Kier alpha value is -1.11. The van der Waals surface area contributed by atoms with Gasteiger partial charge in [0.05, 0.1) is 6.61 Å². The predicted molar refractivity (Wildman–Crippen MR) is 44.0 cm³/mol. The zero-order chi connectivity index (χ0) is 9.26. The van der Waals surface area contributed by atoms with Crippen molar-refractivity contribution in [3.63, 3.8) is 0 Å². The normalized spacial score (nSPS) is 21.9. The summed E-state index contributed by atoms with van der Waals surface area (Å²) in [6.45, 7) is 0.502. The van der Waals surface area contributed by atoms with Gasteiger partial charge in [-0.25, -0.2) is 4.68 Å². The molecule has 0 bridgehead atoms. The van der Waals surface area contributed by atoms with Crippen LogP contribution in [0.15, 0.2) is 5.16 Å². The molecule has 0 aliphatic carbocycles. The molecule has 2 rings (SSSR count). The SMILES string of the molecule is Cn1nnnc1SC1CCOC1=O. The molecule has 0 N–H and O–H groups in total. The van der Waals surface area contributed by atoms with E-state index in [1.165, 1.54) is 16.4 Å². The number of carbonyl (C=O) groups excluding carboxylic acids is 1. The molecule has 0 spiro atoms. The highest BCUT2D eigenvalue weighted by atomic mass is 32.2. The Kier molecular flexibility index (Phi) is 2.17. The van der Waals surface area contributed by atoms with Crippen LogP contribution in [-0.2, 0) is 16.6 Å². The topological polar surface area (TPSA) is 69.9 Å². The molecular formula is C6H8N4O2S. The lowest BCUT2D eigenvalue weighted by molar-refractivity contribution is -0.137. The fraction of sp³-hybridized carbons (Fsp3) is 0.667. The van der Waals surface area contributed by atoms with Crippen molar-refractivity contribution in [2.24, 2.45) is 7.05 Å². The van der Waals surface area contributed by atoms with E-state index in [2.05, 4.69) is 15.5 Å². The van der Waals surface area contributed by atoms with Gasteiger partial charge in [-0.3, -0.25) is 4.79 Å². The second kappa shape index (κ2) is 3.33. The summed E-state index contributed by atoms with van der Waals surface area (Å²) in [5.74, 6) is -0.173. The first kappa shape index (κ1) is 8.49. The van der Waals surface area contributed by atoms with Gasteiger partial charge in [-0.2, -0.15) is 0 Å². The standard InChI is InChI=1S/C6H8N4O2S/c1-10-6(7-8-9-10)13-4-2-3-12-5(4)11/h4H,2-3H2,1H3. The lowest BCUT2D eigenvalue weighted by Crippen LogP contribution is -2.10. The number of nitrogens with zero attached hydrogens (tertiary/aromatic N) is 4. The van der Waals surface area contributed by atoms with Crippen LogP contribution in [0.25, 0.3) is 0 Å². The summed E-state index contributed by atoms with van der Waals surface area (Å²) >= 11 is 1.34. The molecule has 6 nitrogen and oxygen atoms in total. The Balaban J connectivity index is 2.06. The molecule has 1 aromatic heterocycles. The summed E-state index contributed by atoms with van der Waals surface area (Å²) in [6.07, 6.45) is 0.732. The number of carbonyl (C=O) groups is 1. The molecule has 1 unspecified atom stereocenters. The highest BCUT2D eigenvalue weighted by Gasteiger charge is 2.29. The van der Waals surface area contributed by atoms with E-state index in [-0.39, 0.29) is 11.2 Å². The molecule has 1 aliphatic rings. The number of rotatable bonds is 2. The van der Waals surface area contributed by atoms with Gasteiger partial charge < -0.3 is 4.74 Å². The van der Waals surface area contributed by atoms with Gasteiger partial charge in [0, 0.05) is 13.5 Å². The highest BCUT2D eigenvalue weighted by molar-refractivity contribution is 8.00. The Labute approximate surface area is 78.6 Å². The lowest BCUT2D eigenvalue weighted by atomic mass is 10.4. The number of ether oxygens (including phenoxy) is 1. The van der Waals surface area contributed by atoms with Gasteiger partial charge in [0.15, 0.2) is 0 Å². The maximum atomic E-state index is 11.1. The van der Waals surface area contributed by atoms with Crippen LogP contribution in [0.2, 0.25) is 0 Å². The molecule has 2 heterocycles. The van der Waals surface area contributed by atoms with Crippen molar-refractivity contribution >= 4 is 17.7 Å². The zero-order valence-corrected chi connectivity index (χ0v) is 7.82. The van der Waals surface area contributed by atoms with Gasteiger partial charge >= 0.3 is 5.97 Å². The number of aryl methyl sites for hydroxylation is 1. The summed E-state index contributed by atoms with van der Waals surface area (Å²) in [4.78, 5) is 11.1. The second-order valence-corrected chi connectivity index (χ2v) is 3.82. The summed E-state index contributed by atoms with van der Waals surface area (Å²) in [5, 5.41) is 11.4. The van der Waals surface area contributed by atoms with Crippen molar-refractivity contribution in [1.29, 1.82) is 0 Å². The molecule has 1 aliphatic heterocycles. The van der Waals surface area contributed by atoms with E-state index in [1.54, 1.807) is 7.05 Å². The third-order valence-corrected chi connectivity index (χ3v) is 2.99. The molecule has 0 saturated carbocycles. The van der Waals surface area contributed by atoms with Gasteiger partial charge in [0.25, 0.3) is 0 Å². The molecule has 1 saturated heterocycles. The minimum absolute atomic E-state index is 0.148. The number of thioether (sulfide) groups is 1. The van der Waals surface area contributed by atoms with Gasteiger partial charge in [0.2, 0.25) is 5.16 Å². The molecule has 1 fully saturated rings. The van der Waals surface area contributed by atoms with E-state index < -0.39 is 0 Å². The molecule has 7 heteroatoms. The second-order valence-electron chi connectivity index (χ2n) is 2.65. The monoisotopic (exact) mass is 200 g/mol. The van der Waals surface area contributed by atoms with Crippen LogP contribution in [0.1, 0.15) is 6.42 Å². The lowest BCUT2D eigenvalue weighted by Gasteiger charge is -2.01. The Bertz CT molecular complexity index is 326. The highest BCUT2D eigenvalue weighted by Crippen LogP contribution is 2.26. The van der Waals surface area contributed by atoms with Crippen molar-refractivity contribution in [3.05, 3.63) is 0 Å². The quantitative estimate of drug-likeness (QED) is 0.606. The minimum atomic E-state index is -0.173. The largest absolute Gasteiger partial charge is 0.465 e. The number of hydrogen-bond acceptors (Lipinski definition) is 6. The van der Waals surface area contributed by atoms with E-state index in [9.17, 15) is 4.79 Å². The third-order valence-electron chi connectivity index (χ3n) is 1.72. The van der Waals surface area contributed by atoms with Gasteiger partial charge in [-0.05, 0) is 10.4 Å². The average molecular weight is 200 g/mol. The fourth-order valence-corrected chi connectivity index (χ4v) is 1.94. The Morgan fingerprint density at radius 1 is 1.69 bits per heavy atom. The summed E-state index contributed by atoms with van der Waals surface area (Å²) in [7, 11) is 1.74. The molecule has 1 atom stereocenters. The van der Waals surface area contributed by atoms with Crippen molar-refractivity contribution in [2.75, 3.05) is 6.61 Å². The van der Waals surface area contributed by atoms with Crippen LogP contribution in [0.3, 0.4) is 0 Å². The maximum absolute atomic E-state index is 11.1. The number of aromatic nitrogens is 4. The smallest absolute Gasteiger partial charge is 0.319 e. The number of cyclic esters (lactones) is 1. The molecule has 70 valence electrons. The predicted octanol–water partition coefficient (Wildman–Crippen LogP) is -0.382. The third kappa shape index (κ3) is 1.64. The number of tetrazole rings is 1. The Morgan fingerprint density at radius 2 is 2.54 bits per heavy atom. The maximum Gasteiger partial charge on any atom is 0.319 e. The number of esters is 1. The van der Waals surface area contributed by atoms with Crippen LogP contribution >= 0.6 is 11.8 Å². The first-order valence-electron chi connectivity index (χ1n) is 3.83. The average Bonchev–Trinajstić information content (AvgIpc) is 2.65. The van der Waals surface area contributed by atoms with Gasteiger partial charge in [0.1, 0.15) is 5.25 Å². The first-order valence-corrected chi connectivity index (χ1v) is 4.71. The Morgan fingerprint density at radius 3 is 3.08 bits per heavy atom. The van der Waals surface area contributed by atoms with E-state index in [0.717, 1.165) is 6.42 Å². The fourth-order valence-electron chi connectivity index (χ4n) is 1.03. The van der Waals surface area contributed by atoms with Crippen LogP contribution in [0, 0.1) is 0 Å². The van der Waals surface area contributed by atoms with Crippen molar-refractivity contribution in [1.82, 2.24) is 20.2 Å². The summed E-state index contributed by atoms with van der Waals surface area (Å²) in [5.41, 5.74) is 0. The van der Waals surface area contributed by atoms with Crippen LogP contribution in [0.4, 0.5) is 0 Å². The summed E-state index contributed by atoms with van der Waals surface area (Å²) < 4.78 is 6.35. The van der Waals surface area contributed by atoms with Crippen LogP contribution in [0.5, 0.6) is 0 Å². The van der Waals surface area contributed by atoms with Crippen LogP contribution in [-0.4, -0.2) is 38.0 Å². The molecule has 0 radical (unpaired) electrons. The van der Waals surface area contributed by atoms with Crippen molar-refractivity contribution in [2.45, 2.75) is 16.8 Å². The van der Waals surface area contributed by atoms with E-state index in [4.69, 9.17) is 4.74 Å². The van der Waals surface area contributed by atoms with Crippen molar-refractivity contribution in [3.8, 4) is 0 Å². The van der Waals surface area contributed by atoms with Gasteiger partial charge in [-0.15, -0.1) is 5.10 Å². The van der Waals surface area contributed by atoms with E-state index >= 15 is 0 Å². The first-order chi connectivity index (χ1) is 6.27. The molecular weight excluding hydrogens is 192 g/mol. The number of hydrogen-bond donors (Lipinski definition) is 0. The minimum Gasteiger partial charge on any atom is -0.465 e. The molecule has 1 aromatic rings. The van der Waals surface area contributed by atoms with E-state index in [0.29, 0.717) is 11.8 Å². The summed E-state index contributed by atoms with van der Waals surface area (Å²) in [6, 6.07) is 0. The van der Waals surface area contributed by atoms with Crippen LogP contribution < -0.4 is 0 Å². The van der Waals surface area contributed by atoms with Crippen molar-refractivity contribution < 1.29 is 9.53 Å².